The molecule has 0 fully saturated rings. The molecule has 0 aliphatic rings. The molecule has 1 aromatic carbocycles. The predicted octanol–water partition coefficient (Wildman–Crippen LogP) is 1.60. The normalized spacial score (nSPS) is 11.8. The minimum Gasteiger partial charge on any atom is -0.268 e. The molecule has 6 heteroatoms. The second-order valence-corrected chi connectivity index (χ2v) is 4.46. The van der Waals surface area contributed by atoms with Crippen LogP contribution >= 0.6 is 11.8 Å². The van der Waals surface area contributed by atoms with E-state index in [2.05, 4.69) is 15.4 Å². The van der Waals surface area contributed by atoms with Gasteiger partial charge in [-0.05, 0) is 25.3 Å². The van der Waals surface area contributed by atoms with E-state index >= 15 is 0 Å². The van der Waals surface area contributed by atoms with E-state index in [9.17, 15) is 4.79 Å². The SMILES string of the molecule is CN=C(Nn1c(C)nc2ccccc2c1=O)SC. The van der Waals surface area contributed by atoms with Gasteiger partial charge in [0.1, 0.15) is 5.82 Å². The van der Waals surface area contributed by atoms with Crippen LogP contribution in [0.15, 0.2) is 34.1 Å². The molecule has 0 saturated carbocycles. The highest BCUT2D eigenvalue weighted by Gasteiger charge is 2.08. The highest BCUT2D eigenvalue weighted by Crippen LogP contribution is 2.07. The molecule has 0 atom stereocenters. The average molecular weight is 262 g/mol. The van der Waals surface area contributed by atoms with Gasteiger partial charge in [0.05, 0.1) is 10.9 Å². The van der Waals surface area contributed by atoms with Crippen molar-refractivity contribution in [2.45, 2.75) is 6.92 Å². The Kier molecular flexibility index (Phi) is 3.66. The Labute approximate surface area is 109 Å². The van der Waals surface area contributed by atoms with Gasteiger partial charge in [-0.25, -0.2) is 9.66 Å². The van der Waals surface area contributed by atoms with Gasteiger partial charge in [0.15, 0.2) is 5.17 Å². The molecule has 0 unspecified atom stereocenters. The summed E-state index contributed by atoms with van der Waals surface area (Å²) in [5, 5.41) is 1.25. The fourth-order valence-electron chi connectivity index (χ4n) is 1.66. The molecule has 0 aliphatic heterocycles. The number of amidine groups is 1. The Morgan fingerprint density at radius 3 is 2.83 bits per heavy atom. The molecular weight excluding hydrogens is 248 g/mol. The van der Waals surface area contributed by atoms with Crippen molar-refractivity contribution in [2.75, 3.05) is 18.7 Å². The third kappa shape index (κ3) is 2.24. The Hall–Kier alpha value is -1.82. The van der Waals surface area contributed by atoms with Crippen LogP contribution in [0.5, 0.6) is 0 Å². The number of nitrogens with one attached hydrogen (secondary N) is 1. The minimum absolute atomic E-state index is 0.117. The van der Waals surface area contributed by atoms with Crippen LogP contribution in [0.3, 0.4) is 0 Å². The number of hydrogen-bond donors (Lipinski definition) is 1. The topological polar surface area (TPSA) is 59.3 Å². The van der Waals surface area contributed by atoms with Crippen LogP contribution in [0.4, 0.5) is 0 Å². The van der Waals surface area contributed by atoms with Crippen LogP contribution in [-0.2, 0) is 0 Å². The number of fused-ring (bicyclic) bond motifs is 1. The van der Waals surface area contributed by atoms with Crippen molar-refractivity contribution in [3.8, 4) is 0 Å². The summed E-state index contributed by atoms with van der Waals surface area (Å²) in [5.41, 5.74) is 3.55. The molecule has 2 aromatic rings. The van der Waals surface area contributed by atoms with Crippen molar-refractivity contribution in [1.29, 1.82) is 0 Å². The highest BCUT2D eigenvalue weighted by atomic mass is 32.2. The monoisotopic (exact) mass is 262 g/mol. The van der Waals surface area contributed by atoms with Crippen molar-refractivity contribution in [3.05, 3.63) is 40.4 Å². The lowest BCUT2D eigenvalue weighted by atomic mass is 10.2. The lowest BCUT2D eigenvalue weighted by Gasteiger charge is -2.12. The largest absolute Gasteiger partial charge is 0.280 e. The fourth-order valence-corrected chi connectivity index (χ4v) is 2.02. The van der Waals surface area contributed by atoms with Crippen molar-refractivity contribution in [1.82, 2.24) is 9.66 Å². The first-order chi connectivity index (χ1) is 8.67. The molecule has 5 nitrogen and oxygen atoms in total. The third-order valence-corrected chi connectivity index (χ3v) is 3.21. The van der Waals surface area contributed by atoms with Crippen molar-refractivity contribution >= 4 is 27.8 Å². The molecule has 0 amide bonds. The Morgan fingerprint density at radius 1 is 1.44 bits per heavy atom. The number of aromatic nitrogens is 2. The zero-order chi connectivity index (χ0) is 13.1. The molecule has 0 radical (unpaired) electrons. The highest BCUT2D eigenvalue weighted by molar-refractivity contribution is 8.13. The van der Waals surface area contributed by atoms with E-state index < -0.39 is 0 Å². The van der Waals surface area contributed by atoms with Gasteiger partial charge in [-0.15, -0.1) is 0 Å². The molecule has 1 heterocycles. The smallest absolute Gasteiger partial charge is 0.268 e. The second kappa shape index (κ2) is 5.22. The van der Waals surface area contributed by atoms with Gasteiger partial charge in [0, 0.05) is 7.05 Å². The molecule has 2 rings (SSSR count). The van der Waals surface area contributed by atoms with Crippen molar-refractivity contribution in [3.63, 3.8) is 0 Å². The summed E-state index contributed by atoms with van der Waals surface area (Å²) in [7, 11) is 1.67. The summed E-state index contributed by atoms with van der Waals surface area (Å²) in [4.78, 5) is 20.8. The van der Waals surface area contributed by atoms with E-state index in [-0.39, 0.29) is 5.56 Å². The van der Waals surface area contributed by atoms with Crippen LogP contribution in [0.2, 0.25) is 0 Å². The number of thioether (sulfide) groups is 1. The maximum atomic E-state index is 12.3. The van der Waals surface area contributed by atoms with E-state index in [1.165, 1.54) is 16.4 Å². The van der Waals surface area contributed by atoms with E-state index in [0.717, 1.165) is 0 Å². The fraction of sp³-hybridized carbons (Fsp3) is 0.250. The van der Waals surface area contributed by atoms with Gasteiger partial charge in [-0.2, -0.15) is 0 Å². The van der Waals surface area contributed by atoms with Crippen LogP contribution in [0, 0.1) is 6.92 Å². The summed E-state index contributed by atoms with van der Waals surface area (Å²) in [6.07, 6.45) is 1.89. The Bertz CT molecular complexity index is 663. The first kappa shape index (κ1) is 12.6. The van der Waals surface area contributed by atoms with Crippen molar-refractivity contribution in [2.24, 2.45) is 4.99 Å². The molecule has 0 spiro atoms. The van der Waals surface area contributed by atoms with Gasteiger partial charge in [-0.3, -0.25) is 15.2 Å². The van der Waals surface area contributed by atoms with Crippen LogP contribution in [0.25, 0.3) is 10.9 Å². The van der Waals surface area contributed by atoms with Crippen LogP contribution in [0.1, 0.15) is 5.82 Å². The molecule has 0 aliphatic carbocycles. The van der Waals surface area contributed by atoms with Gasteiger partial charge < -0.3 is 0 Å². The number of rotatable bonds is 1. The van der Waals surface area contributed by atoms with Gasteiger partial charge in [0.2, 0.25) is 0 Å². The van der Waals surface area contributed by atoms with Gasteiger partial charge >= 0.3 is 0 Å². The number of para-hydroxylation sites is 1. The number of aliphatic imine (C=N–C) groups is 1. The first-order valence-corrected chi connectivity index (χ1v) is 6.66. The Morgan fingerprint density at radius 2 is 2.17 bits per heavy atom. The average Bonchev–Trinajstić information content (AvgIpc) is 2.39. The lowest BCUT2D eigenvalue weighted by molar-refractivity contribution is 0.839. The molecule has 0 saturated heterocycles. The maximum absolute atomic E-state index is 12.3. The quantitative estimate of drug-likeness (QED) is 0.626. The summed E-state index contributed by atoms with van der Waals surface area (Å²) < 4.78 is 1.42. The number of nitrogens with zero attached hydrogens (tertiary/aromatic N) is 3. The zero-order valence-corrected chi connectivity index (χ0v) is 11.3. The van der Waals surface area contributed by atoms with Crippen LogP contribution in [-0.4, -0.2) is 28.1 Å². The minimum atomic E-state index is -0.117. The van der Waals surface area contributed by atoms with Gasteiger partial charge in [-0.1, -0.05) is 23.9 Å². The number of hydrogen-bond acceptors (Lipinski definition) is 4. The summed E-state index contributed by atoms with van der Waals surface area (Å²) >= 11 is 1.44. The molecule has 94 valence electrons. The molecule has 1 aromatic heterocycles. The molecular formula is C12H14N4OS. The van der Waals surface area contributed by atoms with Crippen LogP contribution < -0.4 is 11.0 Å². The molecule has 1 N–H and O–H groups in total. The maximum Gasteiger partial charge on any atom is 0.280 e. The summed E-state index contributed by atoms with van der Waals surface area (Å²) in [5.74, 6) is 0.605. The van der Waals surface area contributed by atoms with Crippen molar-refractivity contribution < 1.29 is 0 Å². The first-order valence-electron chi connectivity index (χ1n) is 5.43. The number of benzene rings is 1. The Balaban J connectivity index is 2.61. The predicted molar refractivity (Wildman–Crippen MR) is 77.0 cm³/mol. The summed E-state index contributed by atoms with van der Waals surface area (Å²) in [6.45, 7) is 1.79. The number of aryl methyl sites for hydroxylation is 1. The third-order valence-electron chi connectivity index (χ3n) is 2.55. The standard InChI is InChI=1S/C12H14N4OS/c1-8-14-10-7-5-4-6-9(10)11(17)16(8)15-12(13-2)18-3/h4-7H,1-3H3,(H,13,15). The van der Waals surface area contributed by atoms with Gasteiger partial charge in [0.25, 0.3) is 5.56 Å². The second-order valence-electron chi connectivity index (χ2n) is 3.66. The zero-order valence-electron chi connectivity index (χ0n) is 10.5. The molecule has 0 bridgehead atoms. The van der Waals surface area contributed by atoms with E-state index in [4.69, 9.17) is 0 Å². The summed E-state index contributed by atoms with van der Waals surface area (Å²) in [6, 6.07) is 7.29. The van der Waals surface area contributed by atoms with E-state index in [1.807, 2.05) is 24.5 Å². The molecule has 18 heavy (non-hydrogen) atoms. The van der Waals surface area contributed by atoms with E-state index in [1.54, 1.807) is 20.0 Å². The van der Waals surface area contributed by atoms with E-state index in [0.29, 0.717) is 21.9 Å². The lowest BCUT2D eigenvalue weighted by Crippen LogP contribution is -2.34.